The highest BCUT2D eigenvalue weighted by atomic mass is 32.1. The van der Waals surface area contributed by atoms with E-state index in [4.69, 9.17) is 5.11 Å². The quantitative estimate of drug-likeness (QED) is 0.758. The molecule has 0 bridgehead atoms. The number of hydrogen-bond acceptors (Lipinski definition) is 4. The van der Waals surface area contributed by atoms with Crippen LogP contribution in [0.25, 0.3) is 0 Å². The van der Waals surface area contributed by atoms with E-state index in [9.17, 15) is 4.79 Å². The average molecular weight is 212 g/mol. The van der Waals surface area contributed by atoms with Gasteiger partial charge in [-0.15, -0.1) is 11.3 Å². The van der Waals surface area contributed by atoms with Crippen LogP contribution in [0.4, 0.5) is 0 Å². The number of aryl methyl sites for hydroxylation is 1. The van der Waals surface area contributed by atoms with Gasteiger partial charge >= 0.3 is 0 Å². The van der Waals surface area contributed by atoms with Gasteiger partial charge in [0.15, 0.2) is 0 Å². The molecule has 1 aliphatic rings. The van der Waals surface area contributed by atoms with E-state index in [-0.39, 0.29) is 18.1 Å². The first kappa shape index (κ1) is 9.61. The maximum Gasteiger partial charge on any atom is 0.263 e. The molecule has 0 unspecified atom stereocenters. The third-order valence-corrected chi connectivity index (χ3v) is 3.21. The standard InChI is InChI=1S/C9H12N2O2S/c1-5-10-4-8(14-5)9(13)11-6-2-7(12)3-6/h4,6-7,12H,2-3H2,1H3,(H,11,13). The van der Waals surface area contributed by atoms with E-state index < -0.39 is 0 Å². The summed E-state index contributed by atoms with van der Waals surface area (Å²) in [7, 11) is 0. The molecular weight excluding hydrogens is 200 g/mol. The lowest BCUT2D eigenvalue weighted by Crippen LogP contribution is -2.46. The minimum atomic E-state index is -0.233. The third kappa shape index (κ3) is 1.93. The maximum absolute atomic E-state index is 11.5. The van der Waals surface area contributed by atoms with Crippen LogP contribution >= 0.6 is 11.3 Å². The van der Waals surface area contributed by atoms with Crippen LogP contribution in [0.5, 0.6) is 0 Å². The molecule has 0 spiro atoms. The van der Waals surface area contributed by atoms with E-state index in [1.165, 1.54) is 11.3 Å². The molecule has 76 valence electrons. The van der Waals surface area contributed by atoms with Crippen LogP contribution in [0.2, 0.25) is 0 Å². The van der Waals surface area contributed by atoms with Gasteiger partial charge in [0.25, 0.3) is 5.91 Å². The molecule has 0 aromatic carbocycles. The first-order valence-electron chi connectivity index (χ1n) is 4.56. The molecule has 1 aliphatic carbocycles. The van der Waals surface area contributed by atoms with Gasteiger partial charge in [0, 0.05) is 6.04 Å². The van der Waals surface area contributed by atoms with Crippen molar-refractivity contribution in [3.63, 3.8) is 0 Å². The molecule has 2 rings (SSSR count). The Kier molecular flexibility index (Phi) is 2.52. The minimum absolute atomic E-state index is 0.0764. The van der Waals surface area contributed by atoms with Gasteiger partial charge in [-0.2, -0.15) is 0 Å². The van der Waals surface area contributed by atoms with E-state index in [2.05, 4.69) is 10.3 Å². The van der Waals surface area contributed by atoms with E-state index in [0.29, 0.717) is 17.7 Å². The van der Waals surface area contributed by atoms with Crippen LogP contribution < -0.4 is 5.32 Å². The molecule has 1 heterocycles. The van der Waals surface area contributed by atoms with Crippen molar-refractivity contribution in [3.8, 4) is 0 Å². The molecule has 1 aromatic rings. The van der Waals surface area contributed by atoms with Crippen molar-refractivity contribution in [1.29, 1.82) is 0 Å². The number of nitrogens with one attached hydrogen (secondary N) is 1. The van der Waals surface area contributed by atoms with Crippen LogP contribution in [-0.4, -0.2) is 28.1 Å². The molecule has 4 nitrogen and oxygen atoms in total. The van der Waals surface area contributed by atoms with Gasteiger partial charge in [-0.05, 0) is 19.8 Å². The summed E-state index contributed by atoms with van der Waals surface area (Å²) in [6.45, 7) is 1.87. The summed E-state index contributed by atoms with van der Waals surface area (Å²) in [5.41, 5.74) is 0. The number of aliphatic hydroxyl groups excluding tert-OH is 1. The Morgan fingerprint density at radius 3 is 2.93 bits per heavy atom. The second kappa shape index (κ2) is 3.67. The number of aromatic nitrogens is 1. The van der Waals surface area contributed by atoms with Gasteiger partial charge in [0.1, 0.15) is 4.88 Å². The lowest BCUT2D eigenvalue weighted by atomic mass is 9.89. The summed E-state index contributed by atoms with van der Waals surface area (Å²) >= 11 is 1.39. The van der Waals surface area contributed by atoms with Crippen molar-refractivity contribution in [3.05, 3.63) is 16.1 Å². The van der Waals surface area contributed by atoms with E-state index in [0.717, 1.165) is 5.01 Å². The predicted octanol–water partition coefficient (Wildman–Crippen LogP) is 0.705. The molecule has 1 saturated carbocycles. The smallest absolute Gasteiger partial charge is 0.263 e. The number of rotatable bonds is 2. The highest BCUT2D eigenvalue weighted by molar-refractivity contribution is 7.13. The summed E-state index contributed by atoms with van der Waals surface area (Å²) in [6.07, 6.45) is 2.70. The highest BCUT2D eigenvalue weighted by Gasteiger charge is 2.28. The molecule has 2 N–H and O–H groups in total. The second-order valence-corrected chi connectivity index (χ2v) is 4.77. The van der Waals surface area contributed by atoms with Gasteiger partial charge in [-0.25, -0.2) is 4.98 Å². The van der Waals surface area contributed by atoms with Crippen molar-refractivity contribution in [1.82, 2.24) is 10.3 Å². The summed E-state index contributed by atoms with van der Waals surface area (Å²) in [4.78, 5) is 16.2. The number of amides is 1. The monoisotopic (exact) mass is 212 g/mol. The van der Waals surface area contributed by atoms with Crippen LogP contribution in [0.3, 0.4) is 0 Å². The van der Waals surface area contributed by atoms with E-state index >= 15 is 0 Å². The zero-order valence-electron chi connectivity index (χ0n) is 7.86. The van der Waals surface area contributed by atoms with Crippen molar-refractivity contribution >= 4 is 17.2 Å². The molecule has 0 saturated heterocycles. The van der Waals surface area contributed by atoms with Crippen LogP contribution in [0.1, 0.15) is 27.5 Å². The van der Waals surface area contributed by atoms with Crippen molar-refractivity contribution in [2.45, 2.75) is 31.9 Å². The number of carbonyl (C=O) groups is 1. The van der Waals surface area contributed by atoms with Gasteiger partial charge in [0.05, 0.1) is 17.3 Å². The van der Waals surface area contributed by atoms with Crippen LogP contribution in [0.15, 0.2) is 6.20 Å². The van der Waals surface area contributed by atoms with Gasteiger partial charge in [-0.3, -0.25) is 4.79 Å². The number of aliphatic hydroxyl groups is 1. The molecule has 0 radical (unpaired) electrons. The summed E-state index contributed by atoms with van der Waals surface area (Å²) in [6, 6.07) is 0.139. The van der Waals surface area contributed by atoms with Crippen LogP contribution in [0, 0.1) is 6.92 Å². The number of hydrogen-bond donors (Lipinski definition) is 2. The fourth-order valence-electron chi connectivity index (χ4n) is 1.43. The zero-order valence-corrected chi connectivity index (χ0v) is 8.67. The molecule has 1 aromatic heterocycles. The Bertz CT molecular complexity index is 344. The topological polar surface area (TPSA) is 62.2 Å². The highest BCUT2D eigenvalue weighted by Crippen LogP contribution is 2.20. The van der Waals surface area contributed by atoms with Crippen molar-refractivity contribution < 1.29 is 9.90 Å². The Balaban J connectivity index is 1.90. The lowest BCUT2D eigenvalue weighted by Gasteiger charge is -2.31. The van der Waals surface area contributed by atoms with Crippen molar-refractivity contribution in [2.24, 2.45) is 0 Å². The van der Waals surface area contributed by atoms with E-state index in [1.54, 1.807) is 6.20 Å². The zero-order chi connectivity index (χ0) is 10.1. The molecule has 1 amide bonds. The average Bonchev–Trinajstić information content (AvgIpc) is 2.49. The molecule has 14 heavy (non-hydrogen) atoms. The SMILES string of the molecule is Cc1ncc(C(=O)NC2CC(O)C2)s1. The maximum atomic E-state index is 11.5. The van der Waals surface area contributed by atoms with Gasteiger partial charge in [-0.1, -0.05) is 0 Å². The Hall–Kier alpha value is -0.940. The van der Waals surface area contributed by atoms with Crippen LogP contribution in [-0.2, 0) is 0 Å². The first-order chi connectivity index (χ1) is 6.65. The number of thiazole rings is 1. The molecule has 5 heteroatoms. The number of carbonyl (C=O) groups excluding carboxylic acids is 1. The summed E-state index contributed by atoms with van der Waals surface area (Å²) < 4.78 is 0. The Morgan fingerprint density at radius 2 is 2.43 bits per heavy atom. The van der Waals surface area contributed by atoms with Crippen molar-refractivity contribution in [2.75, 3.05) is 0 Å². The second-order valence-electron chi connectivity index (χ2n) is 3.54. The Labute approximate surface area is 86.0 Å². The molecule has 0 aliphatic heterocycles. The normalized spacial score (nSPS) is 25.6. The first-order valence-corrected chi connectivity index (χ1v) is 5.38. The fraction of sp³-hybridized carbons (Fsp3) is 0.556. The largest absolute Gasteiger partial charge is 0.393 e. The van der Waals surface area contributed by atoms with Gasteiger partial charge < -0.3 is 10.4 Å². The molecule has 1 fully saturated rings. The Morgan fingerprint density at radius 1 is 1.71 bits per heavy atom. The third-order valence-electron chi connectivity index (χ3n) is 2.29. The van der Waals surface area contributed by atoms with Gasteiger partial charge in [0.2, 0.25) is 0 Å². The van der Waals surface area contributed by atoms with E-state index in [1.807, 2.05) is 6.92 Å². The lowest BCUT2D eigenvalue weighted by molar-refractivity contribution is 0.0564. The fourth-order valence-corrected chi connectivity index (χ4v) is 2.11. The predicted molar refractivity (Wildman–Crippen MR) is 53.3 cm³/mol. The molecular formula is C9H12N2O2S. The summed E-state index contributed by atoms with van der Waals surface area (Å²) in [5, 5.41) is 12.8. The molecule has 0 atom stereocenters. The minimum Gasteiger partial charge on any atom is -0.393 e. The number of nitrogens with zero attached hydrogens (tertiary/aromatic N) is 1. The summed E-state index contributed by atoms with van der Waals surface area (Å²) in [5.74, 6) is -0.0764.